The van der Waals surface area contributed by atoms with Crippen molar-refractivity contribution in [3.63, 3.8) is 0 Å². The Morgan fingerprint density at radius 1 is 1.17 bits per heavy atom. The first-order valence-electron chi connectivity index (χ1n) is 5.75. The minimum absolute atomic E-state index is 0.0937. The number of hydrogen-bond acceptors (Lipinski definition) is 2. The molecule has 92 valence electrons. The van der Waals surface area contributed by atoms with Crippen LogP contribution in [-0.4, -0.2) is 12.3 Å². The molecule has 0 aliphatic carbocycles. The summed E-state index contributed by atoms with van der Waals surface area (Å²) in [5, 5.41) is 3.14. The average Bonchev–Trinajstić information content (AvgIpc) is 2.41. The molecule has 0 bridgehead atoms. The molecule has 0 saturated heterocycles. The van der Waals surface area contributed by atoms with Gasteiger partial charge in [0.25, 0.3) is 0 Å². The van der Waals surface area contributed by atoms with Crippen molar-refractivity contribution in [2.45, 2.75) is 6.92 Å². The molecule has 2 nitrogen and oxygen atoms in total. The molecule has 0 aromatic heterocycles. The van der Waals surface area contributed by atoms with Crippen LogP contribution in [0.25, 0.3) is 0 Å². The van der Waals surface area contributed by atoms with Crippen LogP contribution >= 0.6 is 15.9 Å². The van der Waals surface area contributed by atoms with Crippen molar-refractivity contribution in [3.05, 3.63) is 64.1 Å². The predicted molar refractivity (Wildman–Crippen MR) is 78.1 cm³/mol. The molecule has 2 rings (SSSR count). The van der Waals surface area contributed by atoms with Crippen molar-refractivity contribution in [1.82, 2.24) is 0 Å². The molecule has 0 spiro atoms. The maximum Gasteiger partial charge on any atom is 0.181 e. The van der Waals surface area contributed by atoms with E-state index in [1.54, 1.807) is 0 Å². The second-order valence-electron chi connectivity index (χ2n) is 4.11. The average molecular weight is 304 g/mol. The van der Waals surface area contributed by atoms with E-state index in [-0.39, 0.29) is 5.78 Å². The van der Waals surface area contributed by atoms with E-state index in [0.717, 1.165) is 21.3 Å². The number of Topliss-reactive ketones (excluding diaryl/α,β-unsaturated/α-hetero) is 1. The lowest BCUT2D eigenvalue weighted by molar-refractivity contribution is 0.101. The lowest BCUT2D eigenvalue weighted by Crippen LogP contribution is -2.13. The Labute approximate surface area is 115 Å². The monoisotopic (exact) mass is 303 g/mol. The summed E-state index contributed by atoms with van der Waals surface area (Å²) in [7, 11) is 0. The Morgan fingerprint density at radius 3 is 2.56 bits per heavy atom. The smallest absolute Gasteiger partial charge is 0.181 e. The molecule has 0 saturated carbocycles. The highest BCUT2D eigenvalue weighted by Gasteiger charge is 2.04. The quantitative estimate of drug-likeness (QED) is 0.863. The van der Waals surface area contributed by atoms with Crippen LogP contribution < -0.4 is 5.32 Å². The first-order chi connectivity index (χ1) is 8.66. The highest BCUT2D eigenvalue weighted by atomic mass is 79.9. The molecule has 0 atom stereocenters. The first-order valence-corrected chi connectivity index (χ1v) is 6.54. The number of rotatable bonds is 4. The van der Waals surface area contributed by atoms with Gasteiger partial charge in [0.2, 0.25) is 0 Å². The Bertz CT molecular complexity index is 552. The third-order valence-electron chi connectivity index (χ3n) is 2.71. The Balaban J connectivity index is 1.99. The van der Waals surface area contributed by atoms with Gasteiger partial charge < -0.3 is 5.32 Å². The maximum atomic E-state index is 11.9. The number of carbonyl (C=O) groups is 1. The normalized spacial score (nSPS) is 10.1. The van der Waals surface area contributed by atoms with E-state index in [0.29, 0.717) is 6.54 Å². The van der Waals surface area contributed by atoms with Crippen LogP contribution in [0, 0.1) is 6.92 Å². The Hall–Kier alpha value is -1.61. The summed E-state index contributed by atoms with van der Waals surface area (Å²) in [5.74, 6) is 0.0937. The summed E-state index contributed by atoms with van der Waals surface area (Å²) in [5.41, 5.74) is 2.84. The highest BCUT2D eigenvalue weighted by Crippen LogP contribution is 2.19. The summed E-state index contributed by atoms with van der Waals surface area (Å²) < 4.78 is 1.07. The van der Waals surface area contributed by atoms with E-state index in [1.807, 2.05) is 55.5 Å². The van der Waals surface area contributed by atoms with Gasteiger partial charge in [-0.1, -0.05) is 46.3 Å². The second-order valence-corrected chi connectivity index (χ2v) is 4.96. The molecule has 0 aliphatic rings. The van der Waals surface area contributed by atoms with Gasteiger partial charge in [-0.3, -0.25) is 4.79 Å². The lowest BCUT2D eigenvalue weighted by Gasteiger charge is -2.07. The molecule has 18 heavy (non-hydrogen) atoms. The second kappa shape index (κ2) is 5.83. The number of carbonyl (C=O) groups excluding carboxylic acids is 1. The number of aryl methyl sites for hydroxylation is 1. The van der Waals surface area contributed by atoms with Gasteiger partial charge in [-0.05, 0) is 30.7 Å². The van der Waals surface area contributed by atoms with Crippen molar-refractivity contribution in [3.8, 4) is 0 Å². The van der Waals surface area contributed by atoms with Crippen LogP contribution in [0.5, 0.6) is 0 Å². The van der Waals surface area contributed by atoms with Gasteiger partial charge in [0.15, 0.2) is 5.78 Å². The molecule has 0 amide bonds. The van der Waals surface area contributed by atoms with Crippen molar-refractivity contribution < 1.29 is 4.79 Å². The van der Waals surface area contributed by atoms with Crippen molar-refractivity contribution in [1.29, 1.82) is 0 Å². The number of hydrogen-bond donors (Lipinski definition) is 1. The fraction of sp³-hybridized carbons (Fsp3) is 0.133. The summed E-state index contributed by atoms with van der Waals surface area (Å²) in [4.78, 5) is 11.9. The SMILES string of the molecule is Cc1cc(NCC(=O)c2ccccc2)ccc1Br. The molecule has 2 aromatic rings. The van der Waals surface area contributed by atoms with E-state index in [1.165, 1.54) is 0 Å². The molecule has 0 unspecified atom stereocenters. The van der Waals surface area contributed by atoms with E-state index in [2.05, 4.69) is 21.2 Å². The molecule has 1 N–H and O–H groups in total. The summed E-state index contributed by atoms with van der Waals surface area (Å²) >= 11 is 3.45. The fourth-order valence-corrected chi connectivity index (χ4v) is 1.91. The molecule has 2 aromatic carbocycles. The number of nitrogens with one attached hydrogen (secondary N) is 1. The van der Waals surface area contributed by atoms with Gasteiger partial charge in [0.1, 0.15) is 0 Å². The van der Waals surface area contributed by atoms with Crippen LogP contribution in [0.4, 0.5) is 5.69 Å². The minimum Gasteiger partial charge on any atom is -0.378 e. The van der Waals surface area contributed by atoms with Gasteiger partial charge in [-0.25, -0.2) is 0 Å². The maximum absolute atomic E-state index is 11.9. The fourth-order valence-electron chi connectivity index (χ4n) is 1.66. The summed E-state index contributed by atoms with van der Waals surface area (Å²) in [6.45, 7) is 2.33. The lowest BCUT2D eigenvalue weighted by atomic mass is 10.1. The van der Waals surface area contributed by atoms with Crippen molar-refractivity contribution >= 4 is 27.4 Å². The molecular formula is C15H14BrNO. The van der Waals surface area contributed by atoms with Gasteiger partial charge in [-0.2, -0.15) is 0 Å². The highest BCUT2D eigenvalue weighted by molar-refractivity contribution is 9.10. The zero-order chi connectivity index (χ0) is 13.0. The van der Waals surface area contributed by atoms with E-state index in [9.17, 15) is 4.79 Å². The zero-order valence-corrected chi connectivity index (χ0v) is 11.7. The predicted octanol–water partition coefficient (Wildman–Crippen LogP) is 4.05. The first kappa shape index (κ1) is 12.8. The summed E-state index contributed by atoms with van der Waals surface area (Å²) in [6.07, 6.45) is 0. The molecule has 3 heteroatoms. The van der Waals surface area contributed by atoms with Crippen molar-refractivity contribution in [2.75, 3.05) is 11.9 Å². The molecular weight excluding hydrogens is 290 g/mol. The largest absolute Gasteiger partial charge is 0.378 e. The van der Waals surface area contributed by atoms with Crippen LogP contribution in [-0.2, 0) is 0 Å². The van der Waals surface area contributed by atoms with Gasteiger partial charge in [-0.15, -0.1) is 0 Å². The molecule has 0 fully saturated rings. The standard InChI is InChI=1S/C15H14BrNO/c1-11-9-13(7-8-14(11)16)17-10-15(18)12-5-3-2-4-6-12/h2-9,17H,10H2,1H3. The van der Waals surface area contributed by atoms with E-state index in [4.69, 9.17) is 0 Å². The van der Waals surface area contributed by atoms with Crippen molar-refractivity contribution in [2.24, 2.45) is 0 Å². The van der Waals surface area contributed by atoms with Crippen LogP contribution in [0.2, 0.25) is 0 Å². The molecule has 0 heterocycles. The van der Waals surface area contributed by atoms with Crippen LogP contribution in [0.15, 0.2) is 53.0 Å². The number of benzene rings is 2. The third kappa shape index (κ3) is 3.20. The van der Waals surface area contributed by atoms with Crippen LogP contribution in [0.3, 0.4) is 0 Å². The Morgan fingerprint density at radius 2 is 1.89 bits per heavy atom. The topological polar surface area (TPSA) is 29.1 Å². The molecule has 0 radical (unpaired) electrons. The number of ketones is 1. The Kier molecular flexibility index (Phi) is 4.15. The van der Waals surface area contributed by atoms with Gasteiger partial charge in [0, 0.05) is 15.7 Å². The van der Waals surface area contributed by atoms with Gasteiger partial charge in [0.05, 0.1) is 6.54 Å². The van der Waals surface area contributed by atoms with Crippen LogP contribution in [0.1, 0.15) is 15.9 Å². The van der Waals surface area contributed by atoms with E-state index < -0.39 is 0 Å². The zero-order valence-electron chi connectivity index (χ0n) is 10.1. The number of anilines is 1. The third-order valence-corrected chi connectivity index (χ3v) is 3.60. The summed E-state index contributed by atoms with van der Waals surface area (Å²) in [6, 6.07) is 15.3. The number of halogens is 1. The molecule has 0 aliphatic heterocycles. The minimum atomic E-state index is 0.0937. The van der Waals surface area contributed by atoms with E-state index >= 15 is 0 Å². The van der Waals surface area contributed by atoms with Gasteiger partial charge >= 0.3 is 0 Å².